The molecule has 0 spiro atoms. The summed E-state index contributed by atoms with van der Waals surface area (Å²) in [4.78, 5) is 0. The second-order valence-electron chi connectivity index (χ2n) is 2.89. The second-order valence-corrected chi connectivity index (χ2v) is 3.69. The van der Waals surface area contributed by atoms with Crippen molar-refractivity contribution < 1.29 is 0 Å². The molecule has 0 radical (unpaired) electrons. The van der Waals surface area contributed by atoms with Gasteiger partial charge in [0.2, 0.25) is 0 Å². The van der Waals surface area contributed by atoms with Crippen molar-refractivity contribution in [3.8, 4) is 0 Å². The molecule has 0 atom stereocenters. The lowest BCUT2D eigenvalue weighted by atomic mass is 10.1. The highest BCUT2D eigenvalue weighted by Gasteiger charge is 2.00. The average molecular weight is 263 g/mol. The van der Waals surface area contributed by atoms with E-state index in [0.29, 0.717) is 0 Å². The summed E-state index contributed by atoms with van der Waals surface area (Å²) in [5.41, 5.74) is 1.14. The van der Waals surface area contributed by atoms with E-state index in [1.807, 2.05) is 32.1 Å². The van der Waals surface area contributed by atoms with Gasteiger partial charge in [-0.25, -0.2) is 0 Å². The van der Waals surface area contributed by atoms with Gasteiger partial charge in [-0.15, -0.1) is 0 Å². The number of halogens is 1. The molecule has 0 N–H and O–H groups in total. The number of hydrogen-bond donors (Lipinski definition) is 0. The van der Waals surface area contributed by atoms with Crippen molar-refractivity contribution in [2.75, 3.05) is 0 Å². The van der Waals surface area contributed by atoms with Crippen LogP contribution >= 0.6 is 15.9 Å². The van der Waals surface area contributed by atoms with Gasteiger partial charge in [0.25, 0.3) is 0 Å². The zero-order valence-electron chi connectivity index (χ0n) is 9.13. The van der Waals surface area contributed by atoms with Gasteiger partial charge in [-0.2, -0.15) is 0 Å². The summed E-state index contributed by atoms with van der Waals surface area (Å²) in [7, 11) is 0. The molecule has 0 aliphatic carbocycles. The van der Waals surface area contributed by atoms with Crippen molar-refractivity contribution >= 4 is 32.8 Å². The van der Waals surface area contributed by atoms with E-state index in [-0.39, 0.29) is 0 Å². The van der Waals surface area contributed by atoms with Crippen LogP contribution in [0.1, 0.15) is 19.4 Å². The number of rotatable bonds is 1. The van der Waals surface area contributed by atoms with Crippen LogP contribution in [-0.4, -0.2) is 0 Å². The molecule has 15 heavy (non-hydrogen) atoms. The Morgan fingerprint density at radius 2 is 1.73 bits per heavy atom. The molecule has 0 amide bonds. The molecule has 0 unspecified atom stereocenters. The Kier molecular flexibility index (Phi) is 4.57. The number of fused-ring (bicyclic) bond motifs is 1. The Morgan fingerprint density at radius 3 is 2.40 bits per heavy atom. The first-order valence-corrected chi connectivity index (χ1v) is 5.92. The van der Waals surface area contributed by atoms with Crippen LogP contribution in [0.5, 0.6) is 0 Å². The van der Waals surface area contributed by atoms with Gasteiger partial charge in [-0.3, -0.25) is 0 Å². The van der Waals surface area contributed by atoms with Crippen LogP contribution in [0.25, 0.3) is 16.8 Å². The fourth-order valence-electron chi connectivity index (χ4n) is 1.41. The summed E-state index contributed by atoms with van der Waals surface area (Å²) >= 11 is 3.57. The van der Waals surface area contributed by atoms with Crippen molar-refractivity contribution in [1.82, 2.24) is 0 Å². The van der Waals surface area contributed by atoms with E-state index < -0.39 is 0 Å². The first-order valence-electron chi connectivity index (χ1n) is 5.12. The van der Waals surface area contributed by atoms with E-state index in [2.05, 4.69) is 46.8 Å². The van der Waals surface area contributed by atoms with Gasteiger partial charge < -0.3 is 0 Å². The van der Waals surface area contributed by atoms with Crippen LogP contribution in [-0.2, 0) is 0 Å². The molecule has 0 heterocycles. The number of benzene rings is 2. The highest BCUT2D eigenvalue weighted by Crippen LogP contribution is 2.27. The van der Waals surface area contributed by atoms with E-state index in [1.54, 1.807) is 0 Å². The molecule has 0 nitrogen and oxygen atoms in total. The largest absolute Gasteiger partial charge is 0.0984 e. The summed E-state index contributed by atoms with van der Waals surface area (Å²) in [5.74, 6) is 0. The molecule has 1 heteroatoms. The molecular formula is C14H15Br. The Hall–Kier alpha value is -1.08. The van der Waals surface area contributed by atoms with Crippen molar-refractivity contribution in [2.24, 2.45) is 0 Å². The van der Waals surface area contributed by atoms with Crippen molar-refractivity contribution in [3.05, 3.63) is 53.0 Å². The molecule has 2 aromatic rings. The van der Waals surface area contributed by atoms with Crippen LogP contribution in [0.15, 0.2) is 47.4 Å². The van der Waals surface area contributed by atoms with Gasteiger partial charge in [0.15, 0.2) is 0 Å². The van der Waals surface area contributed by atoms with E-state index in [9.17, 15) is 0 Å². The van der Waals surface area contributed by atoms with E-state index in [4.69, 9.17) is 0 Å². The smallest absolute Gasteiger partial charge is 0.0325 e. The summed E-state index contributed by atoms with van der Waals surface area (Å²) in [6, 6.07) is 12.5. The minimum absolute atomic E-state index is 1.13. The maximum atomic E-state index is 3.77. The fourth-order valence-corrected chi connectivity index (χ4v) is 2.06. The third kappa shape index (κ3) is 2.48. The standard InChI is InChI=1S/C12H9Br.C2H6/c1-2-9-7-8-10-5-3-4-6-11(10)12(9)13;1-2/h2-8H,1H2;1-2H3. The maximum Gasteiger partial charge on any atom is 0.0325 e. The summed E-state index contributed by atoms with van der Waals surface area (Å²) in [5, 5.41) is 2.49. The third-order valence-electron chi connectivity index (χ3n) is 2.11. The molecule has 2 rings (SSSR count). The number of hydrogen-bond acceptors (Lipinski definition) is 0. The molecule has 0 bridgehead atoms. The second kappa shape index (κ2) is 5.72. The Bertz CT molecular complexity index is 458. The monoisotopic (exact) mass is 262 g/mol. The molecule has 0 saturated carbocycles. The average Bonchev–Trinajstić information content (AvgIpc) is 2.33. The molecule has 0 fully saturated rings. The molecule has 78 valence electrons. The summed E-state index contributed by atoms with van der Waals surface area (Å²) < 4.78 is 1.13. The zero-order chi connectivity index (χ0) is 11.3. The Labute approximate surface area is 99.8 Å². The molecule has 0 saturated heterocycles. The van der Waals surface area contributed by atoms with Crippen molar-refractivity contribution in [1.29, 1.82) is 0 Å². The van der Waals surface area contributed by atoms with E-state index in [1.165, 1.54) is 10.8 Å². The van der Waals surface area contributed by atoms with Gasteiger partial charge in [0, 0.05) is 4.47 Å². The van der Waals surface area contributed by atoms with Crippen LogP contribution in [0, 0.1) is 0 Å². The van der Waals surface area contributed by atoms with Crippen LogP contribution in [0.3, 0.4) is 0 Å². The molecule has 0 aliphatic rings. The summed E-state index contributed by atoms with van der Waals surface area (Å²) in [6.07, 6.45) is 1.86. The van der Waals surface area contributed by atoms with Gasteiger partial charge in [-0.1, -0.05) is 62.9 Å². The SMILES string of the molecule is C=Cc1ccc2ccccc2c1Br.CC. The van der Waals surface area contributed by atoms with E-state index in [0.717, 1.165) is 10.0 Å². The lowest BCUT2D eigenvalue weighted by molar-refractivity contribution is 1.50. The third-order valence-corrected chi connectivity index (χ3v) is 3.00. The molecule has 0 aliphatic heterocycles. The van der Waals surface area contributed by atoms with Crippen LogP contribution in [0.4, 0.5) is 0 Å². The fraction of sp³-hybridized carbons (Fsp3) is 0.143. The predicted octanol–water partition coefficient (Wildman–Crippen LogP) is 5.27. The highest BCUT2D eigenvalue weighted by molar-refractivity contribution is 9.10. The maximum absolute atomic E-state index is 3.77. The Morgan fingerprint density at radius 1 is 1.07 bits per heavy atom. The van der Waals surface area contributed by atoms with Crippen LogP contribution in [0.2, 0.25) is 0 Å². The quantitative estimate of drug-likeness (QED) is 0.657. The molecular weight excluding hydrogens is 248 g/mol. The van der Waals surface area contributed by atoms with Crippen molar-refractivity contribution in [2.45, 2.75) is 13.8 Å². The highest BCUT2D eigenvalue weighted by atomic mass is 79.9. The lowest BCUT2D eigenvalue weighted by Crippen LogP contribution is -1.78. The van der Waals surface area contributed by atoms with Gasteiger partial charge in [-0.05, 0) is 32.3 Å². The van der Waals surface area contributed by atoms with Gasteiger partial charge in [0.05, 0.1) is 0 Å². The lowest BCUT2D eigenvalue weighted by Gasteiger charge is -2.03. The minimum atomic E-state index is 1.13. The van der Waals surface area contributed by atoms with Crippen LogP contribution < -0.4 is 0 Å². The first-order chi connectivity index (χ1) is 7.33. The Balaban J connectivity index is 0.000000531. The molecule has 0 aromatic heterocycles. The van der Waals surface area contributed by atoms with E-state index >= 15 is 0 Å². The van der Waals surface area contributed by atoms with Gasteiger partial charge in [0.1, 0.15) is 0 Å². The molecule has 2 aromatic carbocycles. The first kappa shape index (κ1) is 12.0. The van der Waals surface area contributed by atoms with Crippen molar-refractivity contribution in [3.63, 3.8) is 0 Å². The predicted molar refractivity (Wildman–Crippen MR) is 73.1 cm³/mol. The zero-order valence-corrected chi connectivity index (χ0v) is 10.7. The minimum Gasteiger partial charge on any atom is -0.0984 e. The topological polar surface area (TPSA) is 0 Å². The normalized spacial score (nSPS) is 9.27. The van der Waals surface area contributed by atoms with Gasteiger partial charge >= 0.3 is 0 Å². The summed E-state index contributed by atoms with van der Waals surface area (Å²) in [6.45, 7) is 7.77.